The first-order valence-corrected chi connectivity index (χ1v) is 10.2. The van der Waals surface area contributed by atoms with Crippen LogP contribution in [0.15, 0.2) is 24.3 Å². The molecule has 0 aliphatic carbocycles. The van der Waals surface area contributed by atoms with Gasteiger partial charge in [0.25, 0.3) is 5.91 Å². The Morgan fingerprint density at radius 3 is 2.22 bits per heavy atom. The summed E-state index contributed by atoms with van der Waals surface area (Å²) in [4.78, 5) is 49.1. The van der Waals surface area contributed by atoms with Crippen molar-refractivity contribution in [2.75, 3.05) is 46.6 Å². The molecule has 0 atom stereocenters. The zero-order chi connectivity index (χ0) is 24.1. The highest BCUT2D eigenvalue weighted by Crippen LogP contribution is 2.14. The third-order valence-electron chi connectivity index (χ3n) is 4.24. The van der Waals surface area contributed by atoms with Gasteiger partial charge in [-0.15, -0.1) is 0 Å². The number of ether oxygens (including phenoxy) is 3. The number of nitrogens with one attached hydrogen (secondary N) is 1. The minimum atomic E-state index is -0.805. The summed E-state index contributed by atoms with van der Waals surface area (Å²) in [6.07, 6.45) is 0. The van der Waals surface area contributed by atoms with Crippen LogP contribution in [0.25, 0.3) is 0 Å². The summed E-state index contributed by atoms with van der Waals surface area (Å²) in [5.41, 5.74) is 0.576. The molecule has 0 unspecified atom stereocenters. The first-order valence-electron chi connectivity index (χ1n) is 10.2. The number of aliphatic hydroxyl groups is 1. The normalized spacial score (nSPS) is 10.9. The van der Waals surface area contributed by atoms with Gasteiger partial charge in [-0.2, -0.15) is 0 Å². The van der Waals surface area contributed by atoms with E-state index < -0.39 is 24.0 Å². The molecule has 2 N–H and O–H groups in total. The van der Waals surface area contributed by atoms with Crippen molar-refractivity contribution >= 4 is 23.8 Å². The number of hydrogen-bond acceptors (Lipinski definition) is 8. The second-order valence-corrected chi connectivity index (χ2v) is 7.96. The number of nitrogens with zero attached hydrogens (tertiary/aromatic N) is 1. The topological polar surface area (TPSA) is 131 Å². The Morgan fingerprint density at radius 1 is 1.03 bits per heavy atom. The number of aliphatic hydroxyl groups excluding tert-OH is 1. The van der Waals surface area contributed by atoms with Crippen molar-refractivity contribution in [1.29, 1.82) is 0 Å². The number of benzene rings is 1. The van der Waals surface area contributed by atoms with Crippen LogP contribution in [0.4, 0.5) is 0 Å². The average molecular weight is 453 g/mol. The van der Waals surface area contributed by atoms with Gasteiger partial charge in [-0.25, -0.2) is 9.59 Å². The van der Waals surface area contributed by atoms with Crippen LogP contribution in [-0.4, -0.2) is 80.4 Å². The maximum Gasteiger partial charge on any atom is 0.332 e. The maximum absolute atomic E-state index is 13.0. The van der Waals surface area contributed by atoms with Crippen LogP contribution < -0.4 is 5.32 Å². The monoisotopic (exact) mass is 452 g/mol. The quantitative estimate of drug-likeness (QED) is 0.439. The molecule has 0 aliphatic rings. The summed E-state index contributed by atoms with van der Waals surface area (Å²) in [5, 5.41) is 11.6. The van der Waals surface area contributed by atoms with Crippen LogP contribution in [0.3, 0.4) is 0 Å². The molecule has 0 aliphatic heterocycles. The minimum Gasteiger partial charge on any atom is -0.462 e. The Morgan fingerprint density at radius 2 is 1.66 bits per heavy atom. The molecule has 1 aromatic carbocycles. The molecule has 178 valence electrons. The second-order valence-electron chi connectivity index (χ2n) is 7.96. The summed E-state index contributed by atoms with van der Waals surface area (Å²) in [7, 11) is 1.36. The van der Waals surface area contributed by atoms with E-state index in [1.165, 1.54) is 12.0 Å². The van der Waals surface area contributed by atoms with Crippen LogP contribution in [0.1, 0.15) is 36.7 Å². The molecule has 1 rings (SSSR count). The molecule has 2 amide bonds. The van der Waals surface area contributed by atoms with E-state index in [9.17, 15) is 19.2 Å². The molecule has 32 heavy (non-hydrogen) atoms. The van der Waals surface area contributed by atoms with E-state index in [4.69, 9.17) is 14.6 Å². The smallest absolute Gasteiger partial charge is 0.332 e. The van der Waals surface area contributed by atoms with Crippen LogP contribution >= 0.6 is 0 Å². The molecular formula is C22H32N2O8. The number of methoxy groups -OCH3 is 1. The zero-order valence-electron chi connectivity index (χ0n) is 19.0. The minimum absolute atomic E-state index is 0.0391. The predicted octanol–water partition coefficient (Wildman–Crippen LogP) is 0.516. The molecule has 0 heterocycles. The Hall–Kier alpha value is -2.98. The van der Waals surface area contributed by atoms with Crippen molar-refractivity contribution in [3.8, 4) is 0 Å². The number of amides is 2. The fraction of sp³-hybridized carbons (Fsp3) is 0.545. The van der Waals surface area contributed by atoms with Gasteiger partial charge in [-0.05, 0) is 17.7 Å². The standard InChI is InChI=1S/C22H32N2O8/c1-22(2,3)21(29)23-13-16-6-5-7-17(12-16)20(28)24(8-10-31-18(26)14-25)9-11-32-19(27)15-30-4/h5-7,12,25H,8-11,13-15H2,1-4H3,(H,23,29). The maximum atomic E-state index is 13.0. The summed E-state index contributed by atoms with van der Waals surface area (Å²) < 4.78 is 14.5. The largest absolute Gasteiger partial charge is 0.462 e. The van der Waals surface area contributed by atoms with Crippen molar-refractivity contribution in [3.05, 3.63) is 35.4 Å². The molecular weight excluding hydrogens is 420 g/mol. The number of rotatable bonds is 12. The first kappa shape index (κ1) is 27.1. The van der Waals surface area contributed by atoms with Gasteiger partial charge in [0.15, 0.2) is 0 Å². The first-order chi connectivity index (χ1) is 15.1. The molecule has 0 saturated carbocycles. The lowest BCUT2D eigenvalue weighted by molar-refractivity contribution is -0.148. The predicted molar refractivity (Wildman–Crippen MR) is 115 cm³/mol. The Kier molecular flexibility index (Phi) is 11.4. The highest BCUT2D eigenvalue weighted by Gasteiger charge is 2.21. The molecule has 0 fully saturated rings. The number of hydrogen-bond donors (Lipinski definition) is 2. The highest BCUT2D eigenvalue weighted by molar-refractivity contribution is 5.94. The summed E-state index contributed by atoms with van der Waals surface area (Å²) in [5.74, 6) is -1.85. The fourth-order valence-electron chi connectivity index (χ4n) is 2.50. The van der Waals surface area contributed by atoms with Gasteiger partial charge in [0.2, 0.25) is 5.91 Å². The molecule has 1 aromatic rings. The third kappa shape index (κ3) is 9.88. The molecule has 10 nitrogen and oxygen atoms in total. The SMILES string of the molecule is COCC(=O)OCCN(CCOC(=O)CO)C(=O)c1cccc(CNC(=O)C(C)(C)C)c1. The van der Waals surface area contributed by atoms with E-state index in [1.54, 1.807) is 24.3 Å². The summed E-state index contributed by atoms with van der Waals surface area (Å²) in [6, 6.07) is 6.78. The van der Waals surface area contributed by atoms with Gasteiger partial charge in [-0.1, -0.05) is 32.9 Å². The molecule has 10 heteroatoms. The van der Waals surface area contributed by atoms with Gasteiger partial charge in [0.1, 0.15) is 26.4 Å². The highest BCUT2D eigenvalue weighted by atomic mass is 16.6. The number of carbonyl (C=O) groups excluding carboxylic acids is 4. The van der Waals surface area contributed by atoms with E-state index in [0.29, 0.717) is 5.56 Å². The van der Waals surface area contributed by atoms with Crippen LogP contribution in [0.5, 0.6) is 0 Å². The van der Waals surface area contributed by atoms with Crippen molar-refractivity contribution in [2.24, 2.45) is 5.41 Å². The summed E-state index contributed by atoms with van der Waals surface area (Å²) in [6.45, 7) is 4.64. The van der Waals surface area contributed by atoms with E-state index >= 15 is 0 Å². The number of carbonyl (C=O) groups is 4. The zero-order valence-corrected chi connectivity index (χ0v) is 19.0. The summed E-state index contributed by atoms with van der Waals surface area (Å²) >= 11 is 0. The van der Waals surface area contributed by atoms with E-state index in [2.05, 4.69) is 10.1 Å². The fourth-order valence-corrected chi connectivity index (χ4v) is 2.50. The molecule has 0 spiro atoms. The van der Waals surface area contributed by atoms with Gasteiger partial charge >= 0.3 is 11.9 Å². The third-order valence-corrected chi connectivity index (χ3v) is 4.24. The Balaban J connectivity index is 2.83. The van der Waals surface area contributed by atoms with Crippen molar-refractivity contribution in [3.63, 3.8) is 0 Å². The Bertz CT molecular complexity index is 788. The lowest BCUT2D eigenvalue weighted by atomic mass is 9.95. The van der Waals surface area contributed by atoms with Gasteiger partial charge in [0.05, 0.1) is 13.1 Å². The van der Waals surface area contributed by atoms with Crippen LogP contribution in [0.2, 0.25) is 0 Å². The lowest BCUT2D eigenvalue weighted by Gasteiger charge is -2.23. The van der Waals surface area contributed by atoms with E-state index in [-0.39, 0.29) is 51.3 Å². The molecule has 0 aromatic heterocycles. The molecule has 0 saturated heterocycles. The van der Waals surface area contributed by atoms with Gasteiger partial charge < -0.3 is 29.5 Å². The molecule has 0 bridgehead atoms. The van der Waals surface area contributed by atoms with Gasteiger partial charge in [0, 0.05) is 24.6 Å². The lowest BCUT2D eigenvalue weighted by Crippen LogP contribution is -2.38. The van der Waals surface area contributed by atoms with Gasteiger partial charge in [-0.3, -0.25) is 9.59 Å². The second kappa shape index (κ2) is 13.4. The van der Waals surface area contributed by atoms with Crippen LogP contribution in [-0.2, 0) is 35.1 Å². The Labute approximate surface area is 187 Å². The van der Waals surface area contributed by atoms with E-state index in [0.717, 1.165) is 5.56 Å². The van der Waals surface area contributed by atoms with Crippen molar-refractivity contribution < 1.29 is 38.5 Å². The molecule has 0 radical (unpaired) electrons. The van der Waals surface area contributed by atoms with Crippen molar-refractivity contribution in [2.45, 2.75) is 27.3 Å². The average Bonchev–Trinajstić information content (AvgIpc) is 2.75. The van der Waals surface area contributed by atoms with Crippen LogP contribution in [0, 0.1) is 5.41 Å². The number of esters is 2. The van der Waals surface area contributed by atoms with Crippen molar-refractivity contribution in [1.82, 2.24) is 10.2 Å². The van der Waals surface area contributed by atoms with E-state index in [1.807, 2.05) is 20.8 Å².